The van der Waals surface area contributed by atoms with Gasteiger partial charge in [-0.1, -0.05) is 54.1 Å². The minimum absolute atomic E-state index is 0.674. The first-order chi connectivity index (χ1) is 9.86. The number of benzene rings is 3. The Balaban J connectivity index is 2.26. The SMILES string of the molecule is Clc1[c]ccc2c1c1ccccc1n2-c1ccccc1. The van der Waals surface area contributed by atoms with E-state index >= 15 is 0 Å². The Labute approximate surface area is 122 Å². The van der Waals surface area contributed by atoms with Crippen molar-refractivity contribution in [3.05, 3.63) is 77.8 Å². The van der Waals surface area contributed by atoms with Crippen molar-refractivity contribution in [1.82, 2.24) is 4.57 Å². The van der Waals surface area contributed by atoms with Gasteiger partial charge in [0.1, 0.15) is 0 Å². The van der Waals surface area contributed by atoms with Gasteiger partial charge in [-0.3, -0.25) is 0 Å². The van der Waals surface area contributed by atoms with Gasteiger partial charge in [-0.15, -0.1) is 0 Å². The lowest BCUT2D eigenvalue weighted by atomic mass is 10.1. The fourth-order valence-corrected chi connectivity index (χ4v) is 3.03. The van der Waals surface area contributed by atoms with Crippen LogP contribution in [-0.2, 0) is 0 Å². The van der Waals surface area contributed by atoms with Crippen LogP contribution >= 0.6 is 11.6 Å². The number of hydrogen-bond donors (Lipinski definition) is 0. The Kier molecular flexibility index (Phi) is 2.54. The van der Waals surface area contributed by atoms with Crippen LogP contribution in [0.2, 0.25) is 5.02 Å². The number of hydrogen-bond acceptors (Lipinski definition) is 0. The molecule has 4 aromatic rings. The summed E-state index contributed by atoms with van der Waals surface area (Å²) in [6.07, 6.45) is 0. The van der Waals surface area contributed by atoms with Crippen molar-refractivity contribution >= 4 is 33.4 Å². The molecule has 0 atom stereocenters. The molecule has 20 heavy (non-hydrogen) atoms. The summed E-state index contributed by atoms with van der Waals surface area (Å²) in [6, 6.07) is 25.7. The molecule has 0 aliphatic carbocycles. The Bertz CT molecular complexity index is 907. The Hall–Kier alpha value is -2.25. The van der Waals surface area contributed by atoms with Gasteiger partial charge in [0.25, 0.3) is 0 Å². The summed E-state index contributed by atoms with van der Waals surface area (Å²) in [5.41, 5.74) is 3.41. The van der Waals surface area contributed by atoms with Gasteiger partial charge in [0, 0.05) is 22.5 Å². The third-order valence-corrected chi connectivity index (χ3v) is 3.89. The van der Waals surface area contributed by atoms with E-state index < -0.39 is 0 Å². The van der Waals surface area contributed by atoms with Crippen LogP contribution in [0.4, 0.5) is 0 Å². The van der Waals surface area contributed by atoms with E-state index in [0.29, 0.717) is 5.02 Å². The molecule has 95 valence electrons. The third kappa shape index (κ3) is 1.57. The van der Waals surface area contributed by atoms with Crippen molar-refractivity contribution in [3.8, 4) is 5.69 Å². The molecule has 0 fully saturated rings. The summed E-state index contributed by atoms with van der Waals surface area (Å²) in [5.74, 6) is 0. The molecule has 0 aliphatic heterocycles. The highest BCUT2D eigenvalue weighted by molar-refractivity contribution is 6.38. The average molecular weight is 277 g/mol. The normalized spacial score (nSPS) is 11.2. The average Bonchev–Trinajstić information content (AvgIpc) is 2.84. The maximum absolute atomic E-state index is 6.37. The molecule has 4 rings (SSSR count). The molecule has 0 saturated carbocycles. The van der Waals surface area contributed by atoms with E-state index in [0.717, 1.165) is 27.5 Å². The van der Waals surface area contributed by atoms with Gasteiger partial charge in [-0.25, -0.2) is 0 Å². The first kappa shape index (κ1) is 11.6. The van der Waals surface area contributed by atoms with Gasteiger partial charge in [0.15, 0.2) is 0 Å². The molecule has 3 aromatic carbocycles. The van der Waals surface area contributed by atoms with Crippen LogP contribution in [0, 0.1) is 6.07 Å². The quantitative estimate of drug-likeness (QED) is 0.448. The monoisotopic (exact) mass is 276 g/mol. The predicted octanol–water partition coefficient (Wildman–Crippen LogP) is 5.24. The van der Waals surface area contributed by atoms with Crippen LogP contribution in [0.15, 0.2) is 66.7 Å². The van der Waals surface area contributed by atoms with Crippen molar-refractivity contribution in [2.24, 2.45) is 0 Å². The van der Waals surface area contributed by atoms with E-state index in [1.165, 1.54) is 0 Å². The van der Waals surface area contributed by atoms with E-state index in [9.17, 15) is 0 Å². The number of fused-ring (bicyclic) bond motifs is 3. The summed E-state index contributed by atoms with van der Waals surface area (Å²) in [5, 5.41) is 2.90. The number of halogens is 1. The molecule has 1 radical (unpaired) electrons. The van der Waals surface area contributed by atoms with Crippen LogP contribution in [0.5, 0.6) is 0 Å². The first-order valence-corrected chi connectivity index (χ1v) is 6.89. The van der Waals surface area contributed by atoms with Gasteiger partial charge < -0.3 is 4.57 Å². The molecule has 0 spiro atoms. The van der Waals surface area contributed by atoms with E-state index in [1.807, 2.05) is 30.3 Å². The largest absolute Gasteiger partial charge is 0.309 e. The van der Waals surface area contributed by atoms with Crippen molar-refractivity contribution in [3.63, 3.8) is 0 Å². The molecule has 1 heterocycles. The topological polar surface area (TPSA) is 4.93 Å². The molecule has 0 bridgehead atoms. The standard InChI is InChI=1S/C18H11ClN/c19-15-10-6-12-17-18(15)14-9-4-5-11-16(14)20(17)13-7-2-1-3-8-13/h1-9,11-12H. The lowest BCUT2D eigenvalue weighted by Crippen LogP contribution is -1.92. The van der Waals surface area contributed by atoms with E-state index in [1.54, 1.807) is 0 Å². The van der Waals surface area contributed by atoms with E-state index in [4.69, 9.17) is 11.6 Å². The van der Waals surface area contributed by atoms with Gasteiger partial charge in [-0.2, -0.15) is 0 Å². The second-order valence-electron chi connectivity index (χ2n) is 4.74. The zero-order valence-corrected chi connectivity index (χ0v) is 11.4. The highest BCUT2D eigenvalue weighted by Crippen LogP contribution is 2.35. The lowest BCUT2D eigenvalue weighted by molar-refractivity contribution is 1.18. The lowest BCUT2D eigenvalue weighted by Gasteiger charge is -2.07. The van der Waals surface area contributed by atoms with Crippen LogP contribution in [0.3, 0.4) is 0 Å². The van der Waals surface area contributed by atoms with Crippen molar-refractivity contribution < 1.29 is 0 Å². The van der Waals surface area contributed by atoms with Crippen LogP contribution in [0.1, 0.15) is 0 Å². The maximum Gasteiger partial charge on any atom is 0.0585 e. The second kappa shape index (κ2) is 4.39. The summed E-state index contributed by atoms with van der Waals surface area (Å²) in [4.78, 5) is 0. The molecule has 0 saturated heterocycles. The summed E-state index contributed by atoms with van der Waals surface area (Å²) in [6.45, 7) is 0. The molecule has 0 amide bonds. The van der Waals surface area contributed by atoms with Crippen molar-refractivity contribution in [2.75, 3.05) is 0 Å². The van der Waals surface area contributed by atoms with Crippen LogP contribution in [-0.4, -0.2) is 4.57 Å². The number of aromatic nitrogens is 1. The van der Waals surface area contributed by atoms with Crippen LogP contribution in [0.25, 0.3) is 27.5 Å². The minimum atomic E-state index is 0.674. The summed E-state index contributed by atoms with van der Waals surface area (Å²) in [7, 11) is 0. The Morgan fingerprint density at radius 2 is 1.55 bits per heavy atom. The van der Waals surface area contributed by atoms with Gasteiger partial charge >= 0.3 is 0 Å². The van der Waals surface area contributed by atoms with Crippen LogP contribution < -0.4 is 0 Å². The first-order valence-electron chi connectivity index (χ1n) is 6.51. The molecule has 1 nitrogen and oxygen atoms in total. The van der Waals surface area contributed by atoms with Crippen molar-refractivity contribution in [1.29, 1.82) is 0 Å². The molecule has 1 aromatic heterocycles. The van der Waals surface area contributed by atoms with E-state index in [2.05, 4.69) is 47.0 Å². The Morgan fingerprint density at radius 1 is 0.800 bits per heavy atom. The summed E-state index contributed by atoms with van der Waals surface area (Å²) >= 11 is 6.37. The predicted molar refractivity (Wildman–Crippen MR) is 84.6 cm³/mol. The number of para-hydroxylation sites is 2. The fraction of sp³-hybridized carbons (Fsp3) is 0. The zero-order chi connectivity index (χ0) is 13.5. The van der Waals surface area contributed by atoms with Gasteiger partial charge in [0.2, 0.25) is 0 Å². The zero-order valence-electron chi connectivity index (χ0n) is 10.7. The second-order valence-corrected chi connectivity index (χ2v) is 5.12. The molecular weight excluding hydrogens is 266 g/mol. The smallest absolute Gasteiger partial charge is 0.0585 e. The van der Waals surface area contributed by atoms with Gasteiger partial charge in [-0.05, 0) is 24.3 Å². The van der Waals surface area contributed by atoms with Crippen molar-refractivity contribution in [2.45, 2.75) is 0 Å². The fourth-order valence-electron chi connectivity index (χ4n) is 2.77. The molecule has 0 aliphatic rings. The highest BCUT2D eigenvalue weighted by Gasteiger charge is 2.13. The number of nitrogens with zero attached hydrogens (tertiary/aromatic N) is 1. The van der Waals surface area contributed by atoms with E-state index in [-0.39, 0.29) is 0 Å². The molecule has 0 unspecified atom stereocenters. The maximum atomic E-state index is 6.37. The molecule has 2 heteroatoms. The summed E-state index contributed by atoms with van der Waals surface area (Å²) < 4.78 is 2.24. The Morgan fingerprint density at radius 3 is 2.40 bits per heavy atom. The molecular formula is C18H11ClN. The highest BCUT2D eigenvalue weighted by atomic mass is 35.5. The third-order valence-electron chi connectivity index (χ3n) is 3.60. The molecule has 0 N–H and O–H groups in total. The number of rotatable bonds is 1. The van der Waals surface area contributed by atoms with Gasteiger partial charge in [0.05, 0.1) is 16.1 Å². The minimum Gasteiger partial charge on any atom is -0.309 e.